The number of fused-ring (bicyclic) bond motifs is 1. The van der Waals surface area contributed by atoms with Gasteiger partial charge in [-0.2, -0.15) is 0 Å². The fraction of sp³-hybridized carbons (Fsp3) is 0.400. The summed E-state index contributed by atoms with van der Waals surface area (Å²) in [6, 6.07) is 10.5. The molecule has 4 rings (SSSR count). The van der Waals surface area contributed by atoms with Crippen LogP contribution in [0.15, 0.2) is 42.7 Å². The summed E-state index contributed by atoms with van der Waals surface area (Å²) in [7, 11) is 2.03. The Morgan fingerprint density at radius 3 is 3.00 bits per heavy atom. The summed E-state index contributed by atoms with van der Waals surface area (Å²) < 4.78 is 8.03. The molecule has 2 atom stereocenters. The standard InChI is InChI=1S/C20H24N4O/c1-3-15-12-18(16-6-4-5-7-17(16)23-15)22-13-14-8-11-25-19(14)20-21-9-10-24(20)2/h4-7,9-10,12,14,19H,3,8,11,13H2,1-2H3,(H,22,23)/t14-,19+/m0/s1. The topological polar surface area (TPSA) is 52.0 Å². The van der Waals surface area contributed by atoms with Crippen LogP contribution < -0.4 is 5.32 Å². The second-order valence-corrected chi connectivity index (χ2v) is 6.65. The van der Waals surface area contributed by atoms with Crippen molar-refractivity contribution >= 4 is 16.6 Å². The number of anilines is 1. The number of pyridine rings is 1. The van der Waals surface area contributed by atoms with E-state index < -0.39 is 0 Å². The van der Waals surface area contributed by atoms with E-state index in [1.54, 1.807) is 0 Å². The number of para-hydroxylation sites is 1. The summed E-state index contributed by atoms with van der Waals surface area (Å²) in [5.41, 5.74) is 3.32. The molecule has 0 amide bonds. The van der Waals surface area contributed by atoms with Crippen molar-refractivity contribution in [1.82, 2.24) is 14.5 Å². The molecule has 3 heterocycles. The monoisotopic (exact) mass is 336 g/mol. The minimum absolute atomic E-state index is 0.0613. The van der Waals surface area contributed by atoms with E-state index in [1.165, 1.54) is 5.39 Å². The molecule has 0 unspecified atom stereocenters. The van der Waals surface area contributed by atoms with Crippen LogP contribution in [0.5, 0.6) is 0 Å². The average molecular weight is 336 g/mol. The second kappa shape index (κ2) is 6.84. The predicted octanol–water partition coefficient (Wildman–Crippen LogP) is 3.72. The molecule has 1 fully saturated rings. The molecule has 0 radical (unpaired) electrons. The van der Waals surface area contributed by atoms with E-state index in [0.29, 0.717) is 5.92 Å². The van der Waals surface area contributed by atoms with Gasteiger partial charge in [-0.25, -0.2) is 4.98 Å². The van der Waals surface area contributed by atoms with E-state index in [2.05, 4.69) is 46.1 Å². The molecule has 2 aromatic heterocycles. The Labute approximate surface area is 148 Å². The van der Waals surface area contributed by atoms with Gasteiger partial charge in [0.15, 0.2) is 0 Å². The third-order valence-corrected chi connectivity index (χ3v) is 5.01. The quantitative estimate of drug-likeness (QED) is 0.771. The fourth-order valence-corrected chi connectivity index (χ4v) is 3.58. The fourth-order valence-electron chi connectivity index (χ4n) is 3.58. The molecule has 5 nitrogen and oxygen atoms in total. The van der Waals surface area contributed by atoms with Gasteiger partial charge in [-0.3, -0.25) is 4.98 Å². The lowest BCUT2D eigenvalue weighted by molar-refractivity contribution is 0.0839. The smallest absolute Gasteiger partial charge is 0.138 e. The lowest BCUT2D eigenvalue weighted by Gasteiger charge is -2.20. The predicted molar refractivity (Wildman–Crippen MR) is 99.6 cm³/mol. The number of nitrogens with zero attached hydrogens (tertiary/aromatic N) is 3. The number of benzene rings is 1. The Bertz CT molecular complexity index is 873. The van der Waals surface area contributed by atoms with Crippen LogP contribution >= 0.6 is 0 Å². The molecule has 1 aliphatic heterocycles. The zero-order valence-corrected chi connectivity index (χ0v) is 14.8. The average Bonchev–Trinajstić information content (AvgIpc) is 3.27. The maximum Gasteiger partial charge on any atom is 0.138 e. The third-order valence-electron chi connectivity index (χ3n) is 5.01. The van der Waals surface area contributed by atoms with Crippen molar-refractivity contribution in [2.24, 2.45) is 13.0 Å². The van der Waals surface area contributed by atoms with Crippen LogP contribution in [0.1, 0.15) is 31.0 Å². The Morgan fingerprint density at radius 1 is 1.32 bits per heavy atom. The van der Waals surface area contributed by atoms with E-state index in [0.717, 1.165) is 48.7 Å². The number of nitrogens with one attached hydrogen (secondary N) is 1. The van der Waals surface area contributed by atoms with Gasteiger partial charge < -0.3 is 14.6 Å². The molecule has 1 saturated heterocycles. The molecule has 1 aliphatic rings. The van der Waals surface area contributed by atoms with Crippen molar-refractivity contribution in [3.8, 4) is 0 Å². The summed E-state index contributed by atoms with van der Waals surface area (Å²) in [5.74, 6) is 1.43. The number of hydrogen-bond acceptors (Lipinski definition) is 4. The highest BCUT2D eigenvalue weighted by atomic mass is 16.5. The van der Waals surface area contributed by atoms with Gasteiger partial charge >= 0.3 is 0 Å². The Kier molecular flexibility index (Phi) is 4.40. The molecule has 0 aliphatic carbocycles. The minimum atomic E-state index is 0.0613. The number of ether oxygens (including phenoxy) is 1. The number of imidazole rings is 1. The van der Waals surface area contributed by atoms with Crippen molar-refractivity contribution in [2.45, 2.75) is 25.9 Å². The summed E-state index contributed by atoms with van der Waals surface area (Å²) in [6.45, 7) is 3.80. The SMILES string of the molecule is CCc1cc(NC[C@@H]2CCO[C@H]2c2nccn2C)c2ccccc2n1. The first-order valence-corrected chi connectivity index (χ1v) is 8.97. The Balaban J connectivity index is 1.57. The van der Waals surface area contributed by atoms with Gasteiger partial charge in [0.1, 0.15) is 11.9 Å². The molecule has 130 valence electrons. The molecule has 1 aromatic carbocycles. The highest BCUT2D eigenvalue weighted by molar-refractivity contribution is 5.91. The maximum atomic E-state index is 5.98. The lowest BCUT2D eigenvalue weighted by Crippen LogP contribution is -2.20. The van der Waals surface area contributed by atoms with Gasteiger partial charge in [-0.05, 0) is 25.0 Å². The molecule has 0 bridgehead atoms. The van der Waals surface area contributed by atoms with Crippen molar-refractivity contribution < 1.29 is 4.74 Å². The highest BCUT2D eigenvalue weighted by Crippen LogP contribution is 2.34. The number of rotatable bonds is 5. The largest absolute Gasteiger partial charge is 0.384 e. The van der Waals surface area contributed by atoms with Crippen LogP contribution in [0.25, 0.3) is 10.9 Å². The molecular weight excluding hydrogens is 312 g/mol. The van der Waals surface area contributed by atoms with Gasteiger partial charge in [0.05, 0.1) is 5.52 Å². The number of aryl methyl sites for hydroxylation is 2. The molecule has 3 aromatic rings. The molecule has 25 heavy (non-hydrogen) atoms. The molecule has 0 saturated carbocycles. The minimum Gasteiger partial charge on any atom is -0.384 e. The van der Waals surface area contributed by atoms with E-state index in [-0.39, 0.29) is 6.10 Å². The van der Waals surface area contributed by atoms with Crippen LogP contribution in [0.4, 0.5) is 5.69 Å². The third kappa shape index (κ3) is 3.12. The van der Waals surface area contributed by atoms with E-state index in [1.807, 2.05) is 25.5 Å². The zero-order chi connectivity index (χ0) is 17.2. The van der Waals surface area contributed by atoms with E-state index >= 15 is 0 Å². The van der Waals surface area contributed by atoms with Gasteiger partial charge in [0.2, 0.25) is 0 Å². The molecular formula is C20H24N4O. The van der Waals surface area contributed by atoms with Crippen molar-refractivity contribution in [2.75, 3.05) is 18.5 Å². The van der Waals surface area contributed by atoms with E-state index in [4.69, 9.17) is 9.72 Å². The van der Waals surface area contributed by atoms with Gasteiger partial charge in [-0.15, -0.1) is 0 Å². The van der Waals surface area contributed by atoms with Crippen LogP contribution in [0.2, 0.25) is 0 Å². The van der Waals surface area contributed by atoms with Gasteiger partial charge in [0, 0.05) is 55.3 Å². The summed E-state index contributed by atoms with van der Waals surface area (Å²) >= 11 is 0. The number of hydrogen-bond donors (Lipinski definition) is 1. The van der Waals surface area contributed by atoms with Crippen LogP contribution in [-0.2, 0) is 18.2 Å². The first-order chi connectivity index (χ1) is 12.3. The van der Waals surface area contributed by atoms with Gasteiger partial charge in [-0.1, -0.05) is 25.1 Å². The lowest BCUT2D eigenvalue weighted by atomic mass is 10.0. The molecule has 0 spiro atoms. The summed E-state index contributed by atoms with van der Waals surface area (Å²) in [6.07, 6.45) is 5.86. The first kappa shape index (κ1) is 16.1. The van der Waals surface area contributed by atoms with Crippen molar-refractivity contribution in [3.05, 3.63) is 54.2 Å². The normalized spacial score (nSPS) is 20.2. The second-order valence-electron chi connectivity index (χ2n) is 6.65. The van der Waals surface area contributed by atoms with Crippen molar-refractivity contribution in [1.29, 1.82) is 0 Å². The van der Waals surface area contributed by atoms with Crippen LogP contribution in [0, 0.1) is 5.92 Å². The van der Waals surface area contributed by atoms with E-state index in [9.17, 15) is 0 Å². The Morgan fingerprint density at radius 2 is 2.20 bits per heavy atom. The molecule has 1 N–H and O–H groups in total. The highest BCUT2D eigenvalue weighted by Gasteiger charge is 2.32. The molecule has 5 heteroatoms. The summed E-state index contributed by atoms with van der Waals surface area (Å²) in [4.78, 5) is 9.20. The van der Waals surface area contributed by atoms with Gasteiger partial charge in [0.25, 0.3) is 0 Å². The first-order valence-electron chi connectivity index (χ1n) is 8.97. The van der Waals surface area contributed by atoms with Crippen molar-refractivity contribution in [3.63, 3.8) is 0 Å². The number of aromatic nitrogens is 3. The van der Waals surface area contributed by atoms with Crippen LogP contribution in [0.3, 0.4) is 0 Å². The zero-order valence-electron chi connectivity index (χ0n) is 14.8. The maximum absolute atomic E-state index is 5.98. The summed E-state index contributed by atoms with van der Waals surface area (Å²) in [5, 5.41) is 4.83. The van der Waals surface area contributed by atoms with Crippen LogP contribution in [-0.4, -0.2) is 27.7 Å². The Hall–Kier alpha value is -2.40.